The number of hydrogen-bond acceptors (Lipinski definition) is 7. The first-order chi connectivity index (χ1) is 15.2. The van der Waals surface area contributed by atoms with E-state index in [2.05, 4.69) is 15.5 Å². The van der Waals surface area contributed by atoms with E-state index in [1.165, 1.54) is 10.4 Å². The third kappa shape index (κ3) is 5.65. The summed E-state index contributed by atoms with van der Waals surface area (Å²) in [5.41, 5.74) is 6.39. The number of carbonyl (C=O) groups excluding carboxylic acids is 2. The first kappa shape index (κ1) is 23.3. The lowest BCUT2D eigenvalue weighted by atomic mass is 10.1. The minimum atomic E-state index is -3.55. The number of anilines is 2. The number of nitrogens with two attached hydrogens (primary N) is 1. The van der Waals surface area contributed by atoms with Gasteiger partial charge in [-0.15, -0.1) is 10.2 Å². The van der Waals surface area contributed by atoms with Crippen LogP contribution in [-0.2, 0) is 28.4 Å². The average molecular weight is 475 g/mol. The SMILES string of the molecule is Cn1c(CN(c2ccccc2)S(C)(=O)=O)nnc1SCC(=O)Nc1ccccc1C(N)=O. The van der Waals surface area contributed by atoms with Crippen LogP contribution in [0.5, 0.6) is 0 Å². The van der Waals surface area contributed by atoms with Crippen LogP contribution in [-0.4, -0.2) is 47.0 Å². The Hall–Kier alpha value is -3.38. The summed E-state index contributed by atoms with van der Waals surface area (Å²) in [5.74, 6) is -0.565. The predicted molar refractivity (Wildman–Crippen MR) is 123 cm³/mol. The maximum Gasteiger partial charge on any atom is 0.250 e. The quantitative estimate of drug-likeness (QED) is 0.449. The molecule has 3 N–H and O–H groups in total. The van der Waals surface area contributed by atoms with E-state index in [1.807, 2.05) is 0 Å². The summed E-state index contributed by atoms with van der Waals surface area (Å²) < 4.78 is 27.5. The van der Waals surface area contributed by atoms with Crippen molar-refractivity contribution in [1.29, 1.82) is 0 Å². The number of nitrogens with one attached hydrogen (secondary N) is 1. The van der Waals surface area contributed by atoms with Crippen molar-refractivity contribution in [3.05, 3.63) is 66.0 Å². The number of primary amides is 1. The van der Waals surface area contributed by atoms with Gasteiger partial charge >= 0.3 is 0 Å². The highest BCUT2D eigenvalue weighted by atomic mass is 32.2. The summed E-state index contributed by atoms with van der Waals surface area (Å²) in [6.07, 6.45) is 1.13. The molecule has 10 nitrogen and oxygen atoms in total. The number of para-hydroxylation sites is 2. The van der Waals surface area contributed by atoms with Gasteiger partial charge in [-0.2, -0.15) is 0 Å². The molecule has 0 aliphatic rings. The minimum Gasteiger partial charge on any atom is -0.366 e. The predicted octanol–water partition coefficient (Wildman–Crippen LogP) is 1.61. The van der Waals surface area contributed by atoms with Crippen molar-refractivity contribution in [3.8, 4) is 0 Å². The Morgan fingerprint density at radius 1 is 1.09 bits per heavy atom. The molecule has 32 heavy (non-hydrogen) atoms. The van der Waals surface area contributed by atoms with Gasteiger partial charge in [0.25, 0.3) is 5.91 Å². The van der Waals surface area contributed by atoms with Crippen LogP contribution >= 0.6 is 11.8 Å². The summed E-state index contributed by atoms with van der Waals surface area (Å²) in [6.45, 7) is -0.00884. The smallest absolute Gasteiger partial charge is 0.250 e. The standard InChI is InChI=1S/C20H22N6O4S2/c1-25-17(12-26(32(2,29)30)14-8-4-3-5-9-14)23-24-20(25)31-13-18(27)22-16-11-7-6-10-15(16)19(21)28/h3-11H,12-13H2,1-2H3,(H2,21,28)(H,22,27). The molecule has 3 rings (SSSR count). The van der Waals surface area contributed by atoms with Gasteiger partial charge in [-0.1, -0.05) is 42.1 Å². The van der Waals surface area contributed by atoms with Crippen molar-refractivity contribution < 1.29 is 18.0 Å². The molecule has 0 saturated carbocycles. The van der Waals surface area contributed by atoms with Crippen molar-refractivity contribution in [2.75, 3.05) is 21.6 Å². The molecule has 0 aliphatic carbocycles. The molecule has 12 heteroatoms. The Balaban J connectivity index is 1.69. The van der Waals surface area contributed by atoms with Gasteiger partial charge in [0, 0.05) is 7.05 Å². The molecule has 0 aliphatic heterocycles. The number of aromatic nitrogens is 3. The van der Waals surface area contributed by atoms with Crippen molar-refractivity contribution in [3.63, 3.8) is 0 Å². The monoisotopic (exact) mass is 474 g/mol. The summed E-state index contributed by atoms with van der Waals surface area (Å²) >= 11 is 1.13. The topological polar surface area (TPSA) is 140 Å². The van der Waals surface area contributed by atoms with Crippen molar-refractivity contribution in [2.45, 2.75) is 11.7 Å². The molecule has 1 heterocycles. The third-order valence-electron chi connectivity index (χ3n) is 4.45. The summed E-state index contributed by atoms with van der Waals surface area (Å²) in [4.78, 5) is 23.8. The molecule has 0 bridgehead atoms. The second kappa shape index (κ2) is 9.83. The van der Waals surface area contributed by atoms with E-state index in [9.17, 15) is 18.0 Å². The van der Waals surface area contributed by atoms with Gasteiger partial charge in [-0.3, -0.25) is 13.9 Å². The highest BCUT2D eigenvalue weighted by Crippen LogP contribution is 2.22. The Labute approximate surface area is 189 Å². The van der Waals surface area contributed by atoms with Crippen LogP contribution in [0.15, 0.2) is 59.8 Å². The number of rotatable bonds is 9. The molecule has 0 radical (unpaired) electrons. The van der Waals surface area contributed by atoms with Gasteiger partial charge in [0.1, 0.15) is 0 Å². The Bertz CT molecular complexity index is 1230. The number of thioether (sulfide) groups is 1. The molecule has 0 atom stereocenters. The minimum absolute atomic E-state index is 0.00749. The van der Waals surface area contributed by atoms with E-state index in [-0.39, 0.29) is 23.8 Å². The van der Waals surface area contributed by atoms with E-state index in [4.69, 9.17) is 5.73 Å². The van der Waals surface area contributed by atoms with Gasteiger partial charge in [-0.05, 0) is 24.3 Å². The largest absolute Gasteiger partial charge is 0.366 e. The highest BCUT2D eigenvalue weighted by molar-refractivity contribution is 7.99. The summed E-state index contributed by atoms with van der Waals surface area (Å²) in [5, 5.41) is 11.3. The van der Waals surface area contributed by atoms with Gasteiger partial charge in [-0.25, -0.2) is 8.42 Å². The van der Waals surface area contributed by atoms with Gasteiger partial charge in [0.2, 0.25) is 15.9 Å². The van der Waals surface area contributed by atoms with Gasteiger partial charge in [0.15, 0.2) is 11.0 Å². The van der Waals surface area contributed by atoms with Crippen LogP contribution in [0.25, 0.3) is 0 Å². The van der Waals surface area contributed by atoms with Crippen LogP contribution in [0.3, 0.4) is 0 Å². The van der Waals surface area contributed by atoms with E-state index in [1.54, 1.807) is 60.1 Å². The molecule has 0 saturated heterocycles. The second-order valence-electron chi connectivity index (χ2n) is 6.81. The molecule has 1 aromatic heterocycles. The van der Waals surface area contributed by atoms with Gasteiger partial charge in [0.05, 0.1) is 35.5 Å². The second-order valence-corrected chi connectivity index (χ2v) is 9.66. The molecule has 2 aromatic carbocycles. The zero-order chi connectivity index (χ0) is 23.3. The maximum atomic E-state index is 12.3. The normalized spacial score (nSPS) is 11.2. The van der Waals surface area contributed by atoms with Crippen molar-refractivity contribution >= 4 is 45.0 Å². The van der Waals surface area contributed by atoms with Crippen LogP contribution in [0.2, 0.25) is 0 Å². The molecular weight excluding hydrogens is 452 g/mol. The molecule has 0 spiro atoms. The number of sulfonamides is 1. The van der Waals surface area contributed by atoms with E-state index >= 15 is 0 Å². The lowest BCUT2D eigenvalue weighted by molar-refractivity contribution is -0.113. The molecule has 2 amide bonds. The lowest BCUT2D eigenvalue weighted by Gasteiger charge is -2.21. The van der Waals surface area contributed by atoms with Gasteiger partial charge < -0.3 is 15.6 Å². The fraction of sp³-hybridized carbons (Fsp3) is 0.200. The number of benzene rings is 2. The molecule has 3 aromatic rings. The zero-order valence-electron chi connectivity index (χ0n) is 17.4. The first-order valence-electron chi connectivity index (χ1n) is 9.39. The lowest BCUT2D eigenvalue weighted by Crippen LogP contribution is -2.30. The highest BCUT2D eigenvalue weighted by Gasteiger charge is 2.21. The van der Waals surface area contributed by atoms with E-state index in [0.717, 1.165) is 18.0 Å². The van der Waals surface area contributed by atoms with Crippen LogP contribution in [0, 0.1) is 0 Å². The maximum absolute atomic E-state index is 12.3. The molecule has 168 valence electrons. The van der Waals surface area contributed by atoms with E-state index < -0.39 is 15.9 Å². The Morgan fingerprint density at radius 3 is 2.41 bits per heavy atom. The number of amides is 2. The van der Waals surface area contributed by atoms with Crippen LogP contribution in [0.1, 0.15) is 16.2 Å². The summed E-state index contributed by atoms with van der Waals surface area (Å²) in [7, 11) is -1.85. The van der Waals surface area contributed by atoms with Crippen LogP contribution < -0.4 is 15.4 Å². The average Bonchev–Trinajstić information content (AvgIpc) is 3.10. The number of hydrogen-bond donors (Lipinski definition) is 2. The fourth-order valence-electron chi connectivity index (χ4n) is 2.85. The Morgan fingerprint density at radius 2 is 1.75 bits per heavy atom. The Kier molecular flexibility index (Phi) is 7.15. The first-order valence-corrected chi connectivity index (χ1v) is 12.2. The zero-order valence-corrected chi connectivity index (χ0v) is 19.1. The van der Waals surface area contributed by atoms with Crippen molar-refractivity contribution in [2.24, 2.45) is 12.8 Å². The fourth-order valence-corrected chi connectivity index (χ4v) is 4.44. The third-order valence-corrected chi connectivity index (χ3v) is 6.61. The van der Waals surface area contributed by atoms with Crippen molar-refractivity contribution in [1.82, 2.24) is 14.8 Å². The van der Waals surface area contributed by atoms with E-state index in [0.29, 0.717) is 22.4 Å². The number of nitrogens with zero attached hydrogens (tertiary/aromatic N) is 4. The molecule has 0 unspecified atom stereocenters. The number of carbonyl (C=O) groups is 2. The molecule has 0 fully saturated rings. The molecular formula is C20H22N6O4S2. The van der Waals surface area contributed by atoms with Crippen LogP contribution in [0.4, 0.5) is 11.4 Å². The summed E-state index contributed by atoms with van der Waals surface area (Å²) in [6, 6.07) is 15.1.